The van der Waals surface area contributed by atoms with E-state index in [1.807, 2.05) is 0 Å². The third-order valence-electron chi connectivity index (χ3n) is 3.11. The van der Waals surface area contributed by atoms with E-state index in [2.05, 4.69) is 0 Å². The Bertz CT molecular complexity index is 333. The van der Waals surface area contributed by atoms with E-state index in [4.69, 9.17) is 14.6 Å². The fraction of sp³-hybridized carbons (Fsp3) is 0.812. The van der Waals surface area contributed by atoms with Crippen LogP contribution in [0, 0.1) is 5.92 Å². The van der Waals surface area contributed by atoms with E-state index < -0.39 is 5.97 Å². The first-order valence-corrected chi connectivity index (χ1v) is 7.31. The molecule has 0 aromatic rings. The molecule has 0 saturated carbocycles. The Labute approximate surface area is 134 Å². The normalized spacial score (nSPS) is 11.4. The van der Waals surface area contributed by atoms with Gasteiger partial charge in [-0.2, -0.15) is 0 Å². The molecule has 0 aromatic carbocycles. The van der Waals surface area contributed by atoms with Gasteiger partial charge in [0.2, 0.25) is 0 Å². The molecule has 0 amide bonds. The van der Waals surface area contributed by atoms with Crippen LogP contribution < -0.4 is 0 Å². The molecule has 0 saturated heterocycles. The molecule has 0 rings (SSSR count). The summed E-state index contributed by atoms with van der Waals surface area (Å²) in [6.07, 6.45) is 3.22. The molecule has 0 radical (unpaired) electrons. The van der Waals surface area contributed by atoms with Gasteiger partial charge in [0.15, 0.2) is 0 Å². The Morgan fingerprint density at radius 1 is 1.09 bits per heavy atom. The zero-order chi connectivity index (χ0) is 16.1. The predicted molar refractivity (Wildman–Crippen MR) is 85.8 cm³/mol. The van der Waals surface area contributed by atoms with E-state index in [0.29, 0.717) is 32.3 Å². The third kappa shape index (κ3) is 15.0. The summed E-state index contributed by atoms with van der Waals surface area (Å²) in [6.45, 7) is 2.35. The van der Waals surface area contributed by atoms with Crippen molar-refractivity contribution in [3.63, 3.8) is 0 Å². The van der Waals surface area contributed by atoms with E-state index in [9.17, 15) is 14.4 Å². The molecule has 0 heterocycles. The van der Waals surface area contributed by atoms with E-state index in [1.54, 1.807) is 7.11 Å². The van der Waals surface area contributed by atoms with Crippen molar-refractivity contribution in [1.29, 1.82) is 0 Å². The highest BCUT2D eigenvalue weighted by atomic mass is 16.5. The first-order chi connectivity index (χ1) is 9.95. The molecule has 1 unspecified atom stereocenters. The first kappa shape index (κ1) is 22.8. The van der Waals surface area contributed by atoms with Gasteiger partial charge >= 0.3 is 11.9 Å². The molecular formula is C16H32O6. The molecule has 6 nitrogen and oxygen atoms in total. The number of aliphatic carboxylic acids is 1. The summed E-state index contributed by atoms with van der Waals surface area (Å²) in [5.74, 6) is -1.15. The summed E-state index contributed by atoms with van der Waals surface area (Å²) in [5, 5.41) is 8.67. The second-order valence-electron chi connectivity index (χ2n) is 5.16. The molecule has 0 aliphatic carbocycles. The number of hydrogen-bond donors (Lipinski definition) is 1. The average Bonchev–Trinajstić information content (AvgIpc) is 2.40. The maximum Gasteiger partial charge on any atom is 0.305 e. The van der Waals surface area contributed by atoms with Crippen LogP contribution in [0.25, 0.3) is 0 Å². The third-order valence-corrected chi connectivity index (χ3v) is 3.11. The largest absolute Gasteiger partial charge is 0.481 e. The zero-order valence-electron chi connectivity index (χ0n) is 12.9. The first-order valence-electron chi connectivity index (χ1n) is 7.31. The number of carboxylic acid groups (broad SMARTS) is 1. The summed E-state index contributed by atoms with van der Waals surface area (Å²) in [6, 6.07) is 0. The summed E-state index contributed by atoms with van der Waals surface area (Å²) < 4.78 is 9.99. The van der Waals surface area contributed by atoms with Crippen LogP contribution in [0.1, 0.15) is 60.7 Å². The van der Waals surface area contributed by atoms with Crippen molar-refractivity contribution < 1.29 is 30.4 Å². The summed E-state index contributed by atoms with van der Waals surface area (Å²) in [7, 11) is 1.62. The van der Waals surface area contributed by atoms with E-state index >= 15 is 0 Å². The fourth-order valence-corrected chi connectivity index (χ4v) is 2.01. The number of esters is 1. The molecule has 132 valence electrons. The SMILES string of the molecule is C.COCCCCC(=O)OCCC(CCC(=O)O)CC(C)=O.[2HH]. The molecule has 0 aromatic heterocycles. The van der Waals surface area contributed by atoms with E-state index in [-0.39, 0.29) is 39.6 Å². The van der Waals surface area contributed by atoms with Gasteiger partial charge in [0.25, 0.3) is 0 Å². The number of methoxy groups -OCH3 is 1. The topological polar surface area (TPSA) is 89.9 Å². The molecule has 1 N–H and O–H groups in total. The molecule has 22 heavy (non-hydrogen) atoms. The van der Waals surface area contributed by atoms with Crippen LogP contribution in [0.4, 0.5) is 0 Å². The minimum atomic E-state index is -0.876. The molecule has 0 fully saturated rings. The average molecular weight is 321 g/mol. The lowest BCUT2D eigenvalue weighted by atomic mass is 9.94. The highest BCUT2D eigenvalue weighted by Gasteiger charge is 2.14. The Balaban J connectivity index is -0.00000200. The van der Waals surface area contributed by atoms with E-state index in [0.717, 1.165) is 12.8 Å². The number of unbranched alkanes of at least 4 members (excludes halogenated alkanes) is 1. The molecule has 6 heteroatoms. The van der Waals surface area contributed by atoms with Crippen molar-refractivity contribution in [3.05, 3.63) is 0 Å². The van der Waals surface area contributed by atoms with Crippen LogP contribution in [0.15, 0.2) is 0 Å². The number of carbonyl (C=O) groups excluding carboxylic acids is 2. The minimum Gasteiger partial charge on any atom is -0.481 e. The van der Waals surface area contributed by atoms with Crippen molar-refractivity contribution in [2.24, 2.45) is 5.92 Å². The Hall–Kier alpha value is -1.43. The van der Waals surface area contributed by atoms with Gasteiger partial charge < -0.3 is 19.4 Å². The van der Waals surface area contributed by atoms with Crippen molar-refractivity contribution in [2.45, 2.75) is 59.3 Å². The van der Waals surface area contributed by atoms with Gasteiger partial charge in [-0.25, -0.2) is 0 Å². The lowest BCUT2D eigenvalue weighted by molar-refractivity contribution is -0.144. The summed E-state index contributed by atoms with van der Waals surface area (Å²) >= 11 is 0. The van der Waals surface area contributed by atoms with Crippen molar-refractivity contribution >= 4 is 17.7 Å². The highest BCUT2D eigenvalue weighted by molar-refractivity contribution is 5.75. The maximum absolute atomic E-state index is 11.5. The zero-order valence-corrected chi connectivity index (χ0v) is 12.9. The van der Waals surface area contributed by atoms with Crippen LogP contribution in [0.3, 0.4) is 0 Å². The second kappa shape index (κ2) is 14.5. The summed E-state index contributed by atoms with van der Waals surface area (Å²) in [4.78, 5) is 33.1. The smallest absolute Gasteiger partial charge is 0.305 e. The Morgan fingerprint density at radius 3 is 2.32 bits per heavy atom. The van der Waals surface area contributed by atoms with Crippen LogP contribution in [-0.2, 0) is 23.9 Å². The van der Waals surface area contributed by atoms with Gasteiger partial charge in [0.1, 0.15) is 5.78 Å². The molecular weight excluding hydrogens is 288 g/mol. The number of hydrogen-bond acceptors (Lipinski definition) is 5. The second-order valence-corrected chi connectivity index (χ2v) is 5.16. The molecule has 0 aliphatic rings. The van der Waals surface area contributed by atoms with Gasteiger partial charge in [0.05, 0.1) is 6.61 Å². The van der Waals surface area contributed by atoms with Crippen LogP contribution in [0.2, 0.25) is 0 Å². The molecule has 1 atom stereocenters. The number of rotatable bonds is 13. The highest BCUT2D eigenvalue weighted by Crippen LogP contribution is 2.16. The number of carboxylic acids is 1. The molecule has 0 bridgehead atoms. The maximum atomic E-state index is 11.5. The van der Waals surface area contributed by atoms with Crippen LogP contribution in [0.5, 0.6) is 0 Å². The lowest BCUT2D eigenvalue weighted by Gasteiger charge is -2.14. The molecule has 0 aliphatic heterocycles. The quantitative estimate of drug-likeness (QED) is 0.414. The predicted octanol–water partition coefficient (Wildman–Crippen LogP) is 3.08. The fourth-order valence-electron chi connectivity index (χ4n) is 2.01. The number of carbonyl (C=O) groups is 3. The van der Waals surface area contributed by atoms with Gasteiger partial charge in [-0.15, -0.1) is 0 Å². The minimum absolute atomic E-state index is 0. The number of ether oxygens (including phenoxy) is 2. The Kier molecular flexibility index (Phi) is 15.1. The van der Waals surface area contributed by atoms with Crippen molar-refractivity contribution in [3.8, 4) is 0 Å². The van der Waals surface area contributed by atoms with Crippen LogP contribution in [-0.4, -0.2) is 43.2 Å². The number of Topliss-reactive ketones (excluding diaryl/α,β-unsaturated/α-hetero) is 1. The summed E-state index contributed by atoms with van der Waals surface area (Å²) in [5.41, 5.74) is 0. The van der Waals surface area contributed by atoms with Gasteiger partial charge in [0, 0.05) is 34.4 Å². The van der Waals surface area contributed by atoms with Crippen LogP contribution >= 0.6 is 0 Å². The number of ketones is 1. The van der Waals surface area contributed by atoms with Gasteiger partial charge in [-0.1, -0.05) is 7.43 Å². The molecule has 0 spiro atoms. The standard InChI is InChI=1S/C15H26O6.CH4.H2/c1-12(16)11-13(6-7-14(17)18)8-10-21-15(19)5-3-4-9-20-2;;/h13H,3-11H2,1-2H3,(H,17,18);1H4;1H/i;;1+1. The van der Waals surface area contributed by atoms with Gasteiger partial charge in [-0.05, 0) is 38.5 Å². The lowest BCUT2D eigenvalue weighted by Crippen LogP contribution is -2.13. The van der Waals surface area contributed by atoms with Crippen molar-refractivity contribution in [1.82, 2.24) is 0 Å². The van der Waals surface area contributed by atoms with Crippen molar-refractivity contribution in [2.75, 3.05) is 20.3 Å². The van der Waals surface area contributed by atoms with Gasteiger partial charge in [-0.3, -0.25) is 9.59 Å². The van der Waals surface area contributed by atoms with E-state index in [1.165, 1.54) is 6.92 Å². The monoisotopic (exact) mass is 321 g/mol. The Morgan fingerprint density at radius 2 is 1.77 bits per heavy atom.